The normalized spacial score (nSPS) is 16.8. The van der Waals surface area contributed by atoms with Crippen molar-refractivity contribution in [3.63, 3.8) is 0 Å². The van der Waals surface area contributed by atoms with Crippen molar-refractivity contribution in [1.29, 1.82) is 0 Å². The van der Waals surface area contributed by atoms with Crippen LogP contribution in [0.25, 0.3) is 6.08 Å². The monoisotopic (exact) mass is 413 g/mol. The third-order valence-corrected chi connectivity index (χ3v) is 5.67. The average Bonchev–Trinajstić information content (AvgIpc) is 2.96. The molecule has 0 radical (unpaired) electrons. The molecule has 0 bridgehead atoms. The summed E-state index contributed by atoms with van der Waals surface area (Å²) in [6.45, 7) is 5.92. The molecule has 0 saturated carbocycles. The highest BCUT2D eigenvalue weighted by atomic mass is 32.2. The molecule has 0 N–H and O–H groups in total. The first-order chi connectivity index (χ1) is 13.4. The Hall–Kier alpha value is -2.31. The summed E-state index contributed by atoms with van der Waals surface area (Å²) in [4.78, 5) is 15.3. The molecule has 1 saturated heterocycles. The van der Waals surface area contributed by atoms with Gasteiger partial charge in [-0.2, -0.15) is 0 Å². The van der Waals surface area contributed by atoms with Gasteiger partial charge in [-0.25, -0.2) is 0 Å². The van der Waals surface area contributed by atoms with Gasteiger partial charge in [-0.15, -0.1) is 0 Å². The lowest BCUT2D eigenvalue weighted by Gasteiger charge is -2.23. The minimum atomic E-state index is -0.115. The van der Waals surface area contributed by atoms with Gasteiger partial charge in [-0.1, -0.05) is 60.4 Å². The van der Waals surface area contributed by atoms with Crippen molar-refractivity contribution in [2.24, 2.45) is 0 Å². The smallest absolute Gasteiger partial charge is 0.266 e. The van der Waals surface area contributed by atoms with Gasteiger partial charge in [0.25, 0.3) is 5.91 Å². The molecule has 2 aromatic carbocycles. The number of carbonyl (C=O) groups is 1. The Labute approximate surface area is 175 Å². The number of thiocarbonyl (C=S) groups is 1. The van der Waals surface area contributed by atoms with Crippen LogP contribution in [0.2, 0.25) is 0 Å². The number of benzene rings is 2. The molecule has 1 amide bonds. The number of carbonyl (C=O) groups excluding carboxylic acids is 1. The summed E-state index contributed by atoms with van der Waals surface area (Å²) in [6.07, 6.45) is 1.90. The fourth-order valence-electron chi connectivity index (χ4n) is 2.97. The standard InChI is InChI=1S/C22H23NO3S2/c1-14(2)26-18-11-10-16(12-19(18)25-4)13-20-21(24)23(22(27)28-20)15(3)17-8-6-5-7-9-17/h5-15H,1-4H3/b20-13+/t15-/m1/s1. The molecule has 1 fully saturated rings. The lowest BCUT2D eigenvalue weighted by Crippen LogP contribution is -2.30. The maximum Gasteiger partial charge on any atom is 0.266 e. The largest absolute Gasteiger partial charge is 0.493 e. The van der Waals surface area contributed by atoms with Crippen LogP contribution in [0.3, 0.4) is 0 Å². The fourth-order valence-corrected chi connectivity index (χ4v) is 4.39. The first-order valence-electron chi connectivity index (χ1n) is 9.07. The Kier molecular flexibility index (Phi) is 6.42. The Morgan fingerprint density at radius 2 is 1.79 bits per heavy atom. The fraction of sp³-hybridized carbons (Fsp3) is 0.273. The van der Waals surface area contributed by atoms with E-state index in [1.54, 1.807) is 12.0 Å². The minimum absolute atomic E-state index is 0.0514. The minimum Gasteiger partial charge on any atom is -0.493 e. The van der Waals surface area contributed by atoms with E-state index in [1.165, 1.54) is 11.8 Å². The predicted octanol–water partition coefficient (Wildman–Crippen LogP) is 5.44. The average molecular weight is 414 g/mol. The van der Waals surface area contributed by atoms with Crippen LogP contribution in [-0.4, -0.2) is 28.3 Å². The number of ether oxygens (including phenoxy) is 2. The van der Waals surface area contributed by atoms with Crippen LogP contribution in [0.4, 0.5) is 0 Å². The van der Waals surface area contributed by atoms with Crippen molar-refractivity contribution >= 4 is 40.3 Å². The lowest BCUT2D eigenvalue weighted by molar-refractivity contribution is -0.123. The second-order valence-electron chi connectivity index (χ2n) is 6.72. The maximum atomic E-state index is 13.0. The van der Waals surface area contributed by atoms with E-state index < -0.39 is 0 Å². The van der Waals surface area contributed by atoms with E-state index in [0.29, 0.717) is 20.7 Å². The molecular formula is C22H23NO3S2. The first kappa shape index (κ1) is 20.4. The van der Waals surface area contributed by atoms with Gasteiger partial charge >= 0.3 is 0 Å². The highest BCUT2D eigenvalue weighted by Crippen LogP contribution is 2.39. The molecule has 1 aliphatic rings. The molecule has 146 valence electrons. The quantitative estimate of drug-likeness (QED) is 0.465. The van der Waals surface area contributed by atoms with Gasteiger partial charge in [0.2, 0.25) is 0 Å². The zero-order valence-electron chi connectivity index (χ0n) is 16.3. The van der Waals surface area contributed by atoms with Crippen molar-refractivity contribution in [3.8, 4) is 11.5 Å². The molecule has 0 aromatic heterocycles. The van der Waals surface area contributed by atoms with Crippen LogP contribution in [-0.2, 0) is 4.79 Å². The van der Waals surface area contributed by atoms with Crippen LogP contribution in [0.1, 0.15) is 37.9 Å². The van der Waals surface area contributed by atoms with E-state index in [1.807, 2.05) is 75.4 Å². The van der Waals surface area contributed by atoms with Crippen LogP contribution in [0, 0.1) is 0 Å². The molecule has 2 aromatic rings. The number of methoxy groups -OCH3 is 1. The number of nitrogens with zero attached hydrogens (tertiary/aromatic N) is 1. The van der Waals surface area contributed by atoms with Crippen LogP contribution >= 0.6 is 24.0 Å². The Bertz CT molecular complexity index is 909. The zero-order chi connectivity index (χ0) is 20.3. The second kappa shape index (κ2) is 8.80. The molecule has 0 aliphatic carbocycles. The molecule has 1 heterocycles. The topological polar surface area (TPSA) is 38.8 Å². The second-order valence-corrected chi connectivity index (χ2v) is 8.39. The van der Waals surface area contributed by atoms with Gasteiger partial charge in [-0.3, -0.25) is 9.69 Å². The van der Waals surface area contributed by atoms with Gasteiger partial charge < -0.3 is 9.47 Å². The van der Waals surface area contributed by atoms with Gasteiger partial charge in [0.15, 0.2) is 11.5 Å². The van der Waals surface area contributed by atoms with E-state index in [4.69, 9.17) is 21.7 Å². The van der Waals surface area contributed by atoms with E-state index in [9.17, 15) is 4.79 Å². The van der Waals surface area contributed by atoms with Gasteiger partial charge in [-0.05, 0) is 50.1 Å². The Morgan fingerprint density at radius 3 is 2.43 bits per heavy atom. The van der Waals surface area contributed by atoms with Crippen molar-refractivity contribution in [3.05, 3.63) is 64.6 Å². The van der Waals surface area contributed by atoms with Crippen molar-refractivity contribution < 1.29 is 14.3 Å². The van der Waals surface area contributed by atoms with E-state index in [0.717, 1.165) is 11.1 Å². The maximum absolute atomic E-state index is 13.0. The van der Waals surface area contributed by atoms with Gasteiger partial charge in [0, 0.05) is 0 Å². The summed E-state index contributed by atoms with van der Waals surface area (Å²) in [5.41, 5.74) is 1.91. The van der Waals surface area contributed by atoms with Crippen LogP contribution in [0.15, 0.2) is 53.4 Å². The zero-order valence-corrected chi connectivity index (χ0v) is 18.0. The third kappa shape index (κ3) is 4.39. The van der Waals surface area contributed by atoms with E-state index in [-0.39, 0.29) is 18.1 Å². The third-order valence-electron chi connectivity index (χ3n) is 4.34. The highest BCUT2D eigenvalue weighted by Gasteiger charge is 2.35. The number of rotatable bonds is 6. The highest BCUT2D eigenvalue weighted by molar-refractivity contribution is 8.26. The molecule has 3 rings (SSSR count). The van der Waals surface area contributed by atoms with Crippen LogP contribution in [0.5, 0.6) is 11.5 Å². The Balaban J connectivity index is 1.85. The van der Waals surface area contributed by atoms with E-state index in [2.05, 4.69) is 0 Å². The van der Waals surface area contributed by atoms with Crippen molar-refractivity contribution in [1.82, 2.24) is 4.90 Å². The Morgan fingerprint density at radius 1 is 1.07 bits per heavy atom. The van der Waals surface area contributed by atoms with Crippen molar-refractivity contribution in [2.75, 3.05) is 7.11 Å². The van der Waals surface area contributed by atoms with Gasteiger partial charge in [0.05, 0.1) is 24.2 Å². The molecule has 0 unspecified atom stereocenters. The number of amides is 1. The molecule has 4 nitrogen and oxygen atoms in total. The molecule has 1 aliphatic heterocycles. The summed E-state index contributed by atoms with van der Waals surface area (Å²) in [7, 11) is 1.60. The van der Waals surface area contributed by atoms with Crippen molar-refractivity contribution in [2.45, 2.75) is 32.9 Å². The van der Waals surface area contributed by atoms with Crippen LogP contribution < -0.4 is 9.47 Å². The summed E-state index contributed by atoms with van der Waals surface area (Å²) >= 11 is 6.81. The summed E-state index contributed by atoms with van der Waals surface area (Å²) < 4.78 is 11.8. The SMILES string of the molecule is COc1cc(/C=C2/SC(=S)N([C@H](C)c3ccccc3)C2=O)ccc1OC(C)C. The van der Waals surface area contributed by atoms with E-state index >= 15 is 0 Å². The first-order valence-corrected chi connectivity index (χ1v) is 10.3. The van der Waals surface area contributed by atoms with Gasteiger partial charge in [0.1, 0.15) is 4.32 Å². The predicted molar refractivity (Wildman–Crippen MR) is 119 cm³/mol. The lowest BCUT2D eigenvalue weighted by atomic mass is 10.1. The molecule has 0 spiro atoms. The summed E-state index contributed by atoms with van der Waals surface area (Å²) in [5.74, 6) is 1.24. The summed E-state index contributed by atoms with van der Waals surface area (Å²) in [6, 6.07) is 15.4. The molecule has 1 atom stereocenters. The number of thioether (sulfide) groups is 1. The molecular weight excluding hydrogens is 390 g/mol. The summed E-state index contributed by atoms with van der Waals surface area (Å²) in [5, 5.41) is 0. The molecule has 28 heavy (non-hydrogen) atoms. The molecule has 6 heteroatoms. The number of hydrogen-bond donors (Lipinski definition) is 0. The number of hydrogen-bond acceptors (Lipinski definition) is 5.